The Balaban J connectivity index is 2.06. The fourth-order valence-electron chi connectivity index (χ4n) is 2.73. The highest BCUT2D eigenvalue weighted by Gasteiger charge is 2.37. The summed E-state index contributed by atoms with van der Waals surface area (Å²) in [6.07, 6.45) is 1.26. The first kappa shape index (κ1) is 22.0. The van der Waals surface area contributed by atoms with Crippen molar-refractivity contribution in [1.29, 1.82) is 0 Å². The molecule has 0 atom stereocenters. The number of amides is 1. The van der Waals surface area contributed by atoms with Crippen LogP contribution in [0.25, 0.3) is 6.08 Å². The topological polar surface area (TPSA) is 41.9 Å². The van der Waals surface area contributed by atoms with Crippen LogP contribution in [0.15, 0.2) is 22.8 Å². The highest BCUT2D eigenvalue weighted by molar-refractivity contribution is 6.37. The highest BCUT2D eigenvalue weighted by atomic mass is 35.5. The molecule has 3 rings (SSSR count). The molecule has 0 saturated carbocycles. The average Bonchev–Trinajstić information content (AvgIpc) is 2.96. The van der Waals surface area contributed by atoms with Crippen molar-refractivity contribution in [3.8, 4) is 5.75 Å². The number of anilines is 1. The molecule has 0 unspecified atom stereocenters. The molecule has 0 N–H and O–H groups in total. The first-order valence-corrected chi connectivity index (χ1v) is 9.09. The van der Waals surface area contributed by atoms with Gasteiger partial charge in [-0.1, -0.05) is 23.2 Å². The summed E-state index contributed by atoms with van der Waals surface area (Å²) in [5.74, 6) is -11.9. The molecule has 0 saturated heterocycles. The second kappa shape index (κ2) is 8.23. The van der Waals surface area contributed by atoms with Gasteiger partial charge in [0.05, 0.1) is 27.9 Å². The van der Waals surface area contributed by atoms with Crippen LogP contribution in [0.4, 0.5) is 27.6 Å². The molecule has 0 bridgehead atoms. The number of carbonyl (C=O) groups excluding carboxylic acids is 1. The van der Waals surface area contributed by atoms with Crippen molar-refractivity contribution < 1.29 is 31.5 Å². The van der Waals surface area contributed by atoms with Gasteiger partial charge in [-0.2, -0.15) is 10.1 Å². The number of hydrogen-bond donors (Lipinski definition) is 0. The molecule has 11 heteroatoms. The van der Waals surface area contributed by atoms with Crippen LogP contribution >= 0.6 is 23.2 Å². The third-order valence-corrected chi connectivity index (χ3v) is 4.64. The molecule has 0 radical (unpaired) electrons. The molecule has 0 spiro atoms. The molecule has 2 aromatic rings. The Morgan fingerprint density at radius 3 is 2.00 bits per heavy atom. The molecule has 1 amide bonds. The quantitative estimate of drug-likeness (QED) is 0.245. The standard InChI is InChI=1S/C19H11Cl2F5N2O2/c1-3-30-18-10(20)5-8(6-11(18)21)4-9-7(2)27-28(19(9)29)17-15(25)13(23)12(22)14(24)16(17)26/h4-6H,3H2,1-2H3/b9-4+. The smallest absolute Gasteiger partial charge is 0.280 e. The molecule has 4 nitrogen and oxygen atoms in total. The molecule has 0 aromatic heterocycles. The number of hydrazone groups is 1. The van der Waals surface area contributed by atoms with E-state index in [1.54, 1.807) is 6.92 Å². The van der Waals surface area contributed by atoms with E-state index in [9.17, 15) is 26.7 Å². The Morgan fingerprint density at radius 1 is 1.00 bits per heavy atom. The van der Waals surface area contributed by atoms with Crippen molar-refractivity contribution in [3.05, 3.63) is 62.4 Å². The van der Waals surface area contributed by atoms with Crippen molar-refractivity contribution >= 4 is 46.6 Å². The SMILES string of the molecule is CCOc1c(Cl)cc(/C=C2/C(=O)N(c3c(F)c(F)c(F)c(F)c3F)N=C2C)cc1Cl. The van der Waals surface area contributed by atoms with Crippen LogP contribution in [0.5, 0.6) is 5.75 Å². The van der Waals surface area contributed by atoms with Crippen molar-refractivity contribution in [2.75, 3.05) is 11.6 Å². The van der Waals surface area contributed by atoms with Crippen LogP contribution < -0.4 is 9.75 Å². The third kappa shape index (κ3) is 3.63. The number of rotatable bonds is 4. The Labute approximate surface area is 177 Å². The largest absolute Gasteiger partial charge is 0.491 e. The van der Waals surface area contributed by atoms with Gasteiger partial charge in [0.2, 0.25) is 5.82 Å². The summed E-state index contributed by atoms with van der Waals surface area (Å²) >= 11 is 12.2. The van der Waals surface area contributed by atoms with Gasteiger partial charge < -0.3 is 4.74 Å². The van der Waals surface area contributed by atoms with E-state index in [0.717, 1.165) is 0 Å². The number of halogens is 7. The van der Waals surface area contributed by atoms with Gasteiger partial charge in [-0.05, 0) is 37.6 Å². The second-order valence-electron chi connectivity index (χ2n) is 6.03. The average molecular weight is 465 g/mol. The van der Waals surface area contributed by atoms with Crippen molar-refractivity contribution in [3.63, 3.8) is 0 Å². The van der Waals surface area contributed by atoms with E-state index in [0.29, 0.717) is 12.2 Å². The lowest BCUT2D eigenvalue weighted by molar-refractivity contribution is -0.114. The summed E-state index contributed by atoms with van der Waals surface area (Å²) in [6, 6.07) is 2.85. The Hall–Kier alpha value is -2.65. The lowest BCUT2D eigenvalue weighted by atomic mass is 10.1. The van der Waals surface area contributed by atoms with Crippen molar-refractivity contribution in [2.45, 2.75) is 13.8 Å². The van der Waals surface area contributed by atoms with E-state index < -0.39 is 40.7 Å². The maximum absolute atomic E-state index is 14.1. The maximum Gasteiger partial charge on any atom is 0.280 e. The molecule has 0 fully saturated rings. The summed E-state index contributed by atoms with van der Waals surface area (Å²) in [7, 11) is 0. The number of carbonyl (C=O) groups is 1. The predicted octanol–water partition coefficient (Wildman–Crippen LogP) is 5.89. The minimum absolute atomic E-state index is 0.0231. The summed E-state index contributed by atoms with van der Waals surface area (Å²) in [4.78, 5) is 12.7. The molecule has 1 aliphatic heterocycles. The van der Waals surface area contributed by atoms with Crippen LogP contribution in [0.1, 0.15) is 19.4 Å². The third-order valence-electron chi connectivity index (χ3n) is 4.08. The zero-order chi connectivity index (χ0) is 22.3. The zero-order valence-electron chi connectivity index (χ0n) is 15.3. The van der Waals surface area contributed by atoms with Gasteiger partial charge >= 0.3 is 0 Å². The summed E-state index contributed by atoms with van der Waals surface area (Å²) in [5.41, 5.74) is -1.33. The van der Waals surface area contributed by atoms with Crippen LogP contribution in [0.3, 0.4) is 0 Å². The molecule has 30 heavy (non-hydrogen) atoms. The van der Waals surface area contributed by atoms with Crippen LogP contribution in [-0.4, -0.2) is 18.2 Å². The number of hydrogen-bond acceptors (Lipinski definition) is 3. The molecular weight excluding hydrogens is 454 g/mol. The van der Waals surface area contributed by atoms with E-state index in [4.69, 9.17) is 27.9 Å². The van der Waals surface area contributed by atoms with Gasteiger partial charge in [0.1, 0.15) is 5.69 Å². The number of ether oxygens (including phenoxy) is 1. The molecule has 1 aliphatic rings. The lowest BCUT2D eigenvalue weighted by Crippen LogP contribution is -2.25. The fourth-order valence-corrected chi connectivity index (χ4v) is 3.34. The first-order valence-electron chi connectivity index (χ1n) is 8.33. The monoisotopic (exact) mass is 464 g/mol. The molecule has 0 aliphatic carbocycles. The maximum atomic E-state index is 14.1. The zero-order valence-corrected chi connectivity index (χ0v) is 16.8. The van der Waals surface area contributed by atoms with Gasteiger partial charge in [0.15, 0.2) is 29.0 Å². The lowest BCUT2D eigenvalue weighted by Gasteiger charge is -2.15. The summed E-state index contributed by atoms with van der Waals surface area (Å²) < 4.78 is 73.8. The van der Waals surface area contributed by atoms with Gasteiger partial charge in [-0.25, -0.2) is 22.0 Å². The first-order chi connectivity index (χ1) is 14.1. The summed E-state index contributed by atoms with van der Waals surface area (Å²) in [5, 5.41) is 4.06. The van der Waals surface area contributed by atoms with E-state index in [-0.39, 0.29) is 32.1 Å². The Kier molecular flexibility index (Phi) is 6.05. The highest BCUT2D eigenvalue weighted by Crippen LogP contribution is 2.37. The van der Waals surface area contributed by atoms with Crippen LogP contribution in [0.2, 0.25) is 10.0 Å². The van der Waals surface area contributed by atoms with E-state index in [1.165, 1.54) is 25.1 Å². The number of nitrogens with zero attached hydrogens (tertiary/aromatic N) is 2. The summed E-state index contributed by atoms with van der Waals surface area (Å²) in [6.45, 7) is 3.36. The van der Waals surface area contributed by atoms with Crippen LogP contribution in [0, 0.1) is 29.1 Å². The molecule has 1 heterocycles. The van der Waals surface area contributed by atoms with E-state index in [2.05, 4.69) is 5.10 Å². The molecule has 158 valence electrons. The van der Waals surface area contributed by atoms with Gasteiger partial charge in [0, 0.05) is 0 Å². The van der Waals surface area contributed by atoms with Gasteiger partial charge in [-0.15, -0.1) is 0 Å². The molecular formula is C19H11Cl2F5N2O2. The van der Waals surface area contributed by atoms with Gasteiger partial charge in [-0.3, -0.25) is 4.79 Å². The van der Waals surface area contributed by atoms with Gasteiger partial charge in [0.25, 0.3) is 5.91 Å². The van der Waals surface area contributed by atoms with Crippen molar-refractivity contribution in [1.82, 2.24) is 0 Å². The fraction of sp³-hybridized carbons (Fsp3) is 0.158. The number of benzene rings is 2. The minimum atomic E-state index is -2.34. The van der Waals surface area contributed by atoms with E-state index in [1.807, 2.05) is 0 Å². The predicted molar refractivity (Wildman–Crippen MR) is 102 cm³/mol. The second-order valence-corrected chi connectivity index (χ2v) is 6.84. The minimum Gasteiger partial charge on any atom is -0.491 e. The van der Waals surface area contributed by atoms with Crippen LogP contribution in [-0.2, 0) is 4.79 Å². The molecule has 2 aromatic carbocycles. The normalized spacial score (nSPS) is 15.2. The van der Waals surface area contributed by atoms with Crippen molar-refractivity contribution in [2.24, 2.45) is 5.10 Å². The Bertz CT molecular complexity index is 1080. The van der Waals surface area contributed by atoms with E-state index >= 15 is 0 Å². The Morgan fingerprint density at radius 2 is 1.50 bits per heavy atom.